The molecule has 0 unspecified atom stereocenters. The van der Waals surface area contributed by atoms with E-state index in [1.807, 2.05) is 5.38 Å². The van der Waals surface area contributed by atoms with Crippen LogP contribution < -0.4 is 5.32 Å². The number of rotatable bonds is 3. The van der Waals surface area contributed by atoms with Crippen LogP contribution in [0.4, 0.5) is 4.79 Å². The van der Waals surface area contributed by atoms with Crippen molar-refractivity contribution in [3.63, 3.8) is 0 Å². The maximum atomic E-state index is 10.6. The van der Waals surface area contributed by atoms with Gasteiger partial charge in [-0.15, -0.1) is 11.3 Å². The first-order chi connectivity index (χ1) is 6.42. The fourth-order valence-electron chi connectivity index (χ4n) is 1.05. The van der Waals surface area contributed by atoms with Gasteiger partial charge in [-0.1, -0.05) is 13.8 Å². The maximum absolute atomic E-state index is 10.6. The van der Waals surface area contributed by atoms with E-state index in [4.69, 9.17) is 11.6 Å². The van der Waals surface area contributed by atoms with Crippen molar-refractivity contribution in [1.82, 2.24) is 5.32 Å². The van der Waals surface area contributed by atoms with Crippen LogP contribution in [0, 0.1) is 0 Å². The summed E-state index contributed by atoms with van der Waals surface area (Å²) in [6.07, 6.45) is 0. The zero-order valence-corrected chi connectivity index (χ0v) is 11.1. The number of carbonyl (C=O) groups is 1. The van der Waals surface area contributed by atoms with Gasteiger partial charge in [0.25, 0.3) is 0 Å². The highest BCUT2D eigenvalue weighted by Gasteiger charge is 2.22. The minimum atomic E-state index is -0.506. The summed E-state index contributed by atoms with van der Waals surface area (Å²) in [6, 6.07) is 2.06. The van der Waals surface area contributed by atoms with Gasteiger partial charge >= 0.3 is 5.37 Å². The lowest BCUT2D eigenvalue weighted by Gasteiger charge is -2.22. The van der Waals surface area contributed by atoms with Gasteiger partial charge in [0, 0.05) is 26.7 Å². The van der Waals surface area contributed by atoms with Gasteiger partial charge < -0.3 is 5.32 Å². The Morgan fingerprint density at radius 2 is 2.36 bits per heavy atom. The van der Waals surface area contributed by atoms with Gasteiger partial charge in [-0.3, -0.25) is 4.79 Å². The molecule has 1 heterocycles. The highest BCUT2D eigenvalue weighted by molar-refractivity contribution is 9.10. The number of nitrogens with one attached hydrogen (secondary N) is 1. The highest BCUT2D eigenvalue weighted by Crippen LogP contribution is 2.30. The number of halogens is 2. The zero-order chi connectivity index (χ0) is 10.8. The van der Waals surface area contributed by atoms with E-state index in [1.54, 1.807) is 11.3 Å². The van der Waals surface area contributed by atoms with Crippen molar-refractivity contribution in [3.05, 3.63) is 20.8 Å². The highest BCUT2D eigenvalue weighted by atomic mass is 79.9. The predicted octanol–water partition coefficient (Wildman–Crippen LogP) is 3.74. The summed E-state index contributed by atoms with van der Waals surface area (Å²) in [5.41, 5.74) is -0.0821. The molecule has 0 aliphatic rings. The molecule has 0 aromatic carbocycles. The molecular weight excluding hydrogens is 286 g/mol. The molecule has 0 saturated heterocycles. The first-order valence-electron chi connectivity index (χ1n) is 4.10. The largest absolute Gasteiger partial charge is 0.342 e. The Kier molecular flexibility index (Phi) is 3.98. The van der Waals surface area contributed by atoms with E-state index in [0.717, 1.165) is 4.47 Å². The van der Waals surface area contributed by atoms with E-state index < -0.39 is 5.37 Å². The lowest BCUT2D eigenvalue weighted by Crippen LogP contribution is -2.33. The second kappa shape index (κ2) is 4.64. The summed E-state index contributed by atoms with van der Waals surface area (Å²) in [4.78, 5) is 11.8. The van der Waals surface area contributed by atoms with E-state index in [9.17, 15) is 4.79 Å². The normalized spacial score (nSPS) is 11.4. The van der Waals surface area contributed by atoms with E-state index >= 15 is 0 Å². The van der Waals surface area contributed by atoms with Crippen molar-refractivity contribution in [2.45, 2.75) is 19.3 Å². The molecule has 0 aliphatic carbocycles. The summed E-state index contributed by atoms with van der Waals surface area (Å²) < 4.78 is 1.07. The molecule has 0 aliphatic heterocycles. The maximum Gasteiger partial charge on any atom is 0.313 e. The van der Waals surface area contributed by atoms with Crippen LogP contribution in [-0.2, 0) is 5.41 Å². The van der Waals surface area contributed by atoms with Crippen LogP contribution in [0.3, 0.4) is 0 Å². The van der Waals surface area contributed by atoms with Crippen molar-refractivity contribution in [3.8, 4) is 0 Å². The van der Waals surface area contributed by atoms with Crippen LogP contribution in [0.2, 0.25) is 0 Å². The Hall–Kier alpha value is -0.0600. The Morgan fingerprint density at radius 1 is 1.71 bits per heavy atom. The Balaban J connectivity index is 2.69. The molecule has 5 heteroatoms. The second-order valence-electron chi connectivity index (χ2n) is 3.64. The quantitative estimate of drug-likeness (QED) is 0.668. The number of thiophene rings is 1. The van der Waals surface area contributed by atoms with Crippen molar-refractivity contribution in [1.29, 1.82) is 0 Å². The first kappa shape index (κ1) is 12.0. The third-order valence-electron chi connectivity index (χ3n) is 1.90. The molecule has 1 rings (SSSR count). The van der Waals surface area contributed by atoms with Gasteiger partial charge in [0.1, 0.15) is 0 Å². The minimum Gasteiger partial charge on any atom is -0.342 e. The molecule has 1 N–H and O–H groups in total. The van der Waals surface area contributed by atoms with Crippen LogP contribution in [0.5, 0.6) is 0 Å². The molecular formula is C9H11BrClNOS. The van der Waals surface area contributed by atoms with E-state index in [-0.39, 0.29) is 5.41 Å². The number of hydrogen-bond donors (Lipinski definition) is 1. The first-order valence-corrected chi connectivity index (χ1v) is 6.15. The molecule has 0 spiro atoms. The molecule has 2 nitrogen and oxygen atoms in total. The Bertz CT molecular complexity index is 337. The fraction of sp³-hybridized carbons (Fsp3) is 0.444. The van der Waals surface area contributed by atoms with Crippen LogP contribution in [0.15, 0.2) is 15.9 Å². The molecule has 1 aromatic heterocycles. The third kappa shape index (κ3) is 3.26. The van der Waals surface area contributed by atoms with Gasteiger partial charge in [-0.2, -0.15) is 0 Å². The van der Waals surface area contributed by atoms with E-state index in [2.05, 4.69) is 41.2 Å². The third-order valence-corrected chi connectivity index (χ3v) is 4.09. The fourth-order valence-corrected chi connectivity index (χ4v) is 2.67. The molecule has 0 fully saturated rings. The van der Waals surface area contributed by atoms with E-state index in [0.29, 0.717) is 6.54 Å². The van der Waals surface area contributed by atoms with E-state index in [1.165, 1.54) is 4.88 Å². The summed E-state index contributed by atoms with van der Waals surface area (Å²) in [5, 5.41) is 4.13. The molecule has 0 bridgehead atoms. The van der Waals surface area contributed by atoms with Crippen LogP contribution in [-0.4, -0.2) is 11.9 Å². The zero-order valence-electron chi connectivity index (χ0n) is 7.93. The molecule has 78 valence electrons. The van der Waals surface area contributed by atoms with Gasteiger partial charge in [0.15, 0.2) is 0 Å². The van der Waals surface area contributed by atoms with Crippen molar-refractivity contribution in [2.24, 2.45) is 0 Å². The summed E-state index contributed by atoms with van der Waals surface area (Å²) in [7, 11) is 0. The van der Waals surface area contributed by atoms with Gasteiger partial charge in [-0.05, 0) is 33.6 Å². The topological polar surface area (TPSA) is 29.1 Å². The number of hydrogen-bond acceptors (Lipinski definition) is 2. The predicted molar refractivity (Wildman–Crippen MR) is 64.3 cm³/mol. The number of amides is 1. The standard InChI is InChI=1S/C9H11BrClNOS/c1-9(2,5-12-8(11)13)7-3-6(10)4-14-7/h3-4H,5H2,1-2H3,(H,12,13). The SMILES string of the molecule is CC(C)(CNC(=O)Cl)c1cc(Br)cs1. The summed E-state index contributed by atoms with van der Waals surface area (Å²) in [5.74, 6) is 0. The van der Waals surface area contributed by atoms with Gasteiger partial charge in [-0.25, -0.2) is 0 Å². The smallest absolute Gasteiger partial charge is 0.313 e. The van der Waals surface area contributed by atoms with Crippen molar-refractivity contribution >= 4 is 44.2 Å². The average molecular weight is 297 g/mol. The average Bonchev–Trinajstić information content (AvgIpc) is 2.49. The molecule has 14 heavy (non-hydrogen) atoms. The lowest BCUT2D eigenvalue weighted by molar-refractivity contribution is 0.257. The summed E-state index contributed by atoms with van der Waals surface area (Å²) in [6.45, 7) is 4.68. The van der Waals surface area contributed by atoms with Crippen LogP contribution >= 0.6 is 38.9 Å². The van der Waals surface area contributed by atoms with Crippen LogP contribution in [0.1, 0.15) is 18.7 Å². The van der Waals surface area contributed by atoms with Crippen molar-refractivity contribution < 1.29 is 4.79 Å². The molecule has 0 saturated carbocycles. The Morgan fingerprint density at radius 3 is 2.79 bits per heavy atom. The number of carbonyl (C=O) groups excluding carboxylic acids is 1. The molecule has 0 radical (unpaired) electrons. The monoisotopic (exact) mass is 295 g/mol. The second-order valence-corrected chi connectivity index (χ2v) is 5.81. The molecule has 0 atom stereocenters. The van der Waals surface area contributed by atoms with Crippen molar-refractivity contribution in [2.75, 3.05) is 6.54 Å². The Labute approximate surface area is 101 Å². The minimum absolute atomic E-state index is 0.0821. The molecule has 1 amide bonds. The molecule has 1 aromatic rings. The lowest BCUT2D eigenvalue weighted by atomic mass is 9.92. The van der Waals surface area contributed by atoms with Gasteiger partial charge in [0.05, 0.1) is 0 Å². The van der Waals surface area contributed by atoms with Crippen LogP contribution in [0.25, 0.3) is 0 Å². The summed E-state index contributed by atoms with van der Waals surface area (Å²) >= 11 is 10.3. The van der Waals surface area contributed by atoms with Gasteiger partial charge in [0.2, 0.25) is 0 Å².